The standard InChI is InChI=1S/C25H26N4O6/c1-3-27(4-2)11-12-28-22(15-9-10-20(30)19(13-15)29(34)35)21(24(32)25(28)33)23(31)17-14-26-18-8-6-5-7-16(17)18/h5-10,13-14,22,26,30-31H,3-4,11-12H2,1-2H3/b23-21-. The molecule has 10 heteroatoms. The molecule has 4 rings (SSSR count). The van der Waals surface area contributed by atoms with Gasteiger partial charge < -0.3 is 25.0 Å². The normalized spacial score (nSPS) is 17.6. The van der Waals surface area contributed by atoms with Crippen molar-refractivity contribution in [1.82, 2.24) is 14.8 Å². The van der Waals surface area contributed by atoms with Gasteiger partial charge in [0.1, 0.15) is 5.76 Å². The fourth-order valence-electron chi connectivity index (χ4n) is 4.52. The highest BCUT2D eigenvalue weighted by molar-refractivity contribution is 6.46. The number of hydrogen-bond donors (Lipinski definition) is 3. The molecule has 3 N–H and O–H groups in total. The van der Waals surface area contributed by atoms with Crippen LogP contribution in [-0.4, -0.2) is 67.8 Å². The number of rotatable bonds is 8. The number of Topliss-reactive ketones (excluding diaryl/α,β-unsaturated/α-hetero) is 1. The molecule has 2 heterocycles. The molecule has 1 fully saturated rings. The van der Waals surface area contributed by atoms with E-state index in [1.165, 1.54) is 11.0 Å². The van der Waals surface area contributed by atoms with Crippen LogP contribution in [0.25, 0.3) is 16.7 Å². The van der Waals surface area contributed by atoms with Crippen molar-refractivity contribution in [2.24, 2.45) is 0 Å². The lowest BCUT2D eigenvalue weighted by Gasteiger charge is -2.28. The maximum atomic E-state index is 13.2. The minimum atomic E-state index is -1.06. The molecule has 1 unspecified atom stereocenters. The lowest BCUT2D eigenvalue weighted by Crippen LogP contribution is -2.38. The molecular formula is C25H26N4O6. The number of nitrogens with zero attached hydrogens (tertiary/aromatic N) is 3. The predicted octanol–water partition coefficient (Wildman–Crippen LogP) is 3.55. The minimum absolute atomic E-state index is 0.153. The van der Waals surface area contributed by atoms with Crippen molar-refractivity contribution in [2.75, 3.05) is 26.2 Å². The summed E-state index contributed by atoms with van der Waals surface area (Å²) >= 11 is 0. The Morgan fingerprint density at radius 3 is 2.57 bits per heavy atom. The zero-order chi connectivity index (χ0) is 25.3. The number of likely N-dealkylation sites (tertiary alicyclic amines) is 1. The molecule has 0 aliphatic carbocycles. The van der Waals surface area contributed by atoms with Crippen molar-refractivity contribution in [1.29, 1.82) is 0 Å². The van der Waals surface area contributed by atoms with Crippen LogP contribution in [0.2, 0.25) is 0 Å². The van der Waals surface area contributed by atoms with E-state index >= 15 is 0 Å². The molecule has 1 saturated heterocycles. The number of ketones is 1. The molecule has 1 aliphatic rings. The van der Waals surface area contributed by atoms with Gasteiger partial charge in [0.05, 0.1) is 16.5 Å². The molecule has 1 aromatic heterocycles. The van der Waals surface area contributed by atoms with Gasteiger partial charge in [-0.2, -0.15) is 0 Å². The second kappa shape index (κ2) is 9.59. The number of carbonyl (C=O) groups is 2. The Morgan fingerprint density at radius 1 is 1.17 bits per heavy atom. The molecule has 0 bridgehead atoms. The highest BCUT2D eigenvalue weighted by Crippen LogP contribution is 2.42. The van der Waals surface area contributed by atoms with E-state index in [-0.39, 0.29) is 23.4 Å². The summed E-state index contributed by atoms with van der Waals surface area (Å²) in [4.78, 5) is 43.5. The number of aliphatic hydroxyl groups is 1. The quantitative estimate of drug-likeness (QED) is 0.148. The fourth-order valence-corrected chi connectivity index (χ4v) is 4.52. The second-order valence-corrected chi connectivity index (χ2v) is 8.27. The van der Waals surface area contributed by atoms with Crippen LogP contribution in [-0.2, 0) is 9.59 Å². The molecule has 3 aromatic rings. The van der Waals surface area contributed by atoms with E-state index in [1.807, 2.05) is 26.0 Å². The Labute approximate surface area is 201 Å². The first kappa shape index (κ1) is 24.0. The Bertz CT molecular complexity index is 1340. The average Bonchev–Trinajstić information content (AvgIpc) is 3.39. The van der Waals surface area contributed by atoms with Crippen LogP contribution in [0.4, 0.5) is 5.69 Å². The van der Waals surface area contributed by atoms with E-state index in [1.54, 1.807) is 18.3 Å². The molecule has 0 radical (unpaired) electrons. The molecule has 0 spiro atoms. The largest absolute Gasteiger partial charge is 0.507 e. The smallest absolute Gasteiger partial charge is 0.311 e. The van der Waals surface area contributed by atoms with Gasteiger partial charge in [0.25, 0.3) is 11.7 Å². The van der Waals surface area contributed by atoms with Crippen LogP contribution in [0.5, 0.6) is 5.75 Å². The number of aliphatic hydroxyl groups excluding tert-OH is 1. The highest BCUT2D eigenvalue weighted by Gasteiger charge is 2.46. The number of aromatic hydroxyl groups is 1. The van der Waals surface area contributed by atoms with Gasteiger partial charge >= 0.3 is 5.69 Å². The SMILES string of the molecule is CCN(CC)CCN1C(=O)C(=O)/C(=C(\O)c2c[nH]c3ccccc23)C1c1ccc(O)c([N+](=O)[O-])c1. The van der Waals surface area contributed by atoms with Crippen molar-refractivity contribution >= 4 is 34.0 Å². The van der Waals surface area contributed by atoms with E-state index in [0.717, 1.165) is 30.7 Å². The third-order valence-corrected chi connectivity index (χ3v) is 6.45. The lowest BCUT2D eigenvalue weighted by molar-refractivity contribution is -0.385. The number of amides is 1. The topological polar surface area (TPSA) is 140 Å². The first-order valence-electron chi connectivity index (χ1n) is 11.3. The van der Waals surface area contributed by atoms with Gasteiger partial charge in [-0.1, -0.05) is 38.1 Å². The van der Waals surface area contributed by atoms with Gasteiger partial charge in [-0.15, -0.1) is 0 Å². The Kier molecular flexibility index (Phi) is 6.57. The molecule has 1 aliphatic heterocycles. The minimum Gasteiger partial charge on any atom is -0.507 e. The van der Waals surface area contributed by atoms with Gasteiger partial charge in [0, 0.05) is 41.8 Å². The predicted molar refractivity (Wildman–Crippen MR) is 130 cm³/mol. The van der Waals surface area contributed by atoms with Gasteiger partial charge in [-0.25, -0.2) is 0 Å². The maximum absolute atomic E-state index is 13.2. The van der Waals surface area contributed by atoms with Crippen LogP contribution >= 0.6 is 0 Å². The van der Waals surface area contributed by atoms with E-state index in [9.17, 15) is 29.9 Å². The summed E-state index contributed by atoms with van der Waals surface area (Å²) < 4.78 is 0. The van der Waals surface area contributed by atoms with Gasteiger partial charge in [-0.05, 0) is 30.8 Å². The number of phenols is 1. The molecule has 1 amide bonds. The number of H-pyrrole nitrogens is 1. The van der Waals surface area contributed by atoms with Gasteiger partial charge in [0.2, 0.25) is 0 Å². The van der Waals surface area contributed by atoms with Crippen molar-refractivity contribution in [3.63, 3.8) is 0 Å². The first-order chi connectivity index (χ1) is 16.8. The number of carbonyl (C=O) groups excluding carboxylic acids is 2. The molecule has 35 heavy (non-hydrogen) atoms. The summed E-state index contributed by atoms with van der Waals surface area (Å²) in [6.45, 7) is 6.10. The van der Waals surface area contributed by atoms with Crippen molar-refractivity contribution in [2.45, 2.75) is 19.9 Å². The number of aromatic amines is 1. The summed E-state index contributed by atoms with van der Waals surface area (Å²) in [5.41, 5.74) is 0.625. The average molecular weight is 479 g/mol. The third-order valence-electron chi connectivity index (χ3n) is 6.45. The molecule has 0 saturated carbocycles. The van der Waals surface area contributed by atoms with Crippen LogP contribution in [0.1, 0.15) is 31.0 Å². The lowest BCUT2D eigenvalue weighted by atomic mass is 9.94. The number of nitro groups is 1. The van der Waals surface area contributed by atoms with E-state index < -0.39 is 34.1 Å². The Hall–Kier alpha value is -4.18. The molecule has 182 valence electrons. The van der Waals surface area contributed by atoms with E-state index in [0.29, 0.717) is 17.5 Å². The third kappa shape index (κ3) is 4.24. The molecule has 10 nitrogen and oxygen atoms in total. The van der Waals surface area contributed by atoms with Crippen LogP contribution in [0.15, 0.2) is 54.2 Å². The van der Waals surface area contributed by atoms with Gasteiger partial charge in [0.15, 0.2) is 5.75 Å². The van der Waals surface area contributed by atoms with Crippen LogP contribution in [0.3, 0.4) is 0 Å². The highest BCUT2D eigenvalue weighted by atomic mass is 16.6. The summed E-state index contributed by atoms with van der Waals surface area (Å²) in [5.74, 6) is -2.56. The van der Waals surface area contributed by atoms with E-state index in [4.69, 9.17) is 0 Å². The number of para-hydroxylation sites is 1. The number of phenolic OH excluding ortho intramolecular Hbond substituents is 1. The molecule has 2 aromatic carbocycles. The zero-order valence-corrected chi connectivity index (χ0v) is 19.4. The van der Waals surface area contributed by atoms with Crippen molar-refractivity contribution in [3.8, 4) is 5.75 Å². The Morgan fingerprint density at radius 2 is 1.89 bits per heavy atom. The zero-order valence-electron chi connectivity index (χ0n) is 19.4. The summed E-state index contributed by atoms with van der Waals surface area (Å²) in [5, 5.41) is 33.4. The number of hydrogen-bond acceptors (Lipinski definition) is 7. The maximum Gasteiger partial charge on any atom is 0.311 e. The van der Waals surface area contributed by atoms with Gasteiger partial charge in [-0.3, -0.25) is 19.7 Å². The number of nitrogens with one attached hydrogen (secondary N) is 1. The summed E-state index contributed by atoms with van der Waals surface area (Å²) in [7, 11) is 0. The van der Waals surface area contributed by atoms with Crippen LogP contribution < -0.4 is 0 Å². The van der Waals surface area contributed by atoms with Crippen LogP contribution in [0, 0.1) is 10.1 Å². The van der Waals surface area contributed by atoms with Crippen molar-refractivity contribution < 1.29 is 24.7 Å². The number of likely N-dealkylation sites (N-methyl/N-ethyl adjacent to an activating group) is 1. The number of nitro benzene ring substituents is 1. The number of aromatic nitrogens is 1. The Balaban J connectivity index is 1.89. The molecule has 1 atom stereocenters. The first-order valence-corrected chi connectivity index (χ1v) is 11.3. The second-order valence-electron chi connectivity index (χ2n) is 8.27. The monoisotopic (exact) mass is 478 g/mol. The summed E-state index contributed by atoms with van der Waals surface area (Å²) in [6.07, 6.45) is 1.56. The fraction of sp³-hybridized carbons (Fsp3) is 0.280. The summed E-state index contributed by atoms with van der Waals surface area (Å²) in [6, 6.07) is 9.86. The molecular weight excluding hydrogens is 452 g/mol. The number of fused-ring (bicyclic) bond motifs is 1. The van der Waals surface area contributed by atoms with Crippen molar-refractivity contribution in [3.05, 3.63) is 75.5 Å². The number of benzene rings is 2. The van der Waals surface area contributed by atoms with E-state index in [2.05, 4.69) is 9.88 Å².